The van der Waals surface area contributed by atoms with E-state index in [4.69, 9.17) is 0 Å². The molecule has 1 aromatic heterocycles. The van der Waals surface area contributed by atoms with E-state index in [1.54, 1.807) is 24.5 Å². The number of nitrogens with one attached hydrogen (secondary N) is 3. The molecule has 3 rings (SSSR count). The van der Waals surface area contributed by atoms with E-state index in [1.807, 2.05) is 0 Å². The molecule has 0 radical (unpaired) electrons. The lowest BCUT2D eigenvalue weighted by Crippen LogP contribution is -2.31. The van der Waals surface area contributed by atoms with Crippen LogP contribution in [0.2, 0.25) is 0 Å². The van der Waals surface area contributed by atoms with E-state index in [0.29, 0.717) is 5.69 Å². The summed E-state index contributed by atoms with van der Waals surface area (Å²) in [5.41, 5.74) is 1.34. The lowest BCUT2D eigenvalue weighted by molar-refractivity contribution is -0.122. The minimum absolute atomic E-state index is 0.108. The summed E-state index contributed by atoms with van der Waals surface area (Å²) >= 11 is 0. The van der Waals surface area contributed by atoms with Gasteiger partial charge in [-0.2, -0.15) is 5.10 Å². The molecule has 1 aromatic carbocycles. The molecule has 2 heterocycles. The monoisotopic (exact) mass is 345 g/mol. The number of hydrogen-bond donors (Lipinski definition) is 3. The SMILES string of the molecule is O=C(CCC1NC(=O)NC1=O)NCc1cnn(-c2cccc(F)c2)c1. The first kappa shape index (κ1) is 16.6. The van der Waals surface area contributed by atoms with Crippen molar-refractivity contribution in [2.75, 3.05) is 0 Å². The summed E-state index contributed by atoms with van der Waals surface area (Å²) in [6.07, 6.45) is 3.61. The van der Waals surface area contributed by atoms with Crippen molar-refractivity contribution in [3.63, 3.8) is 0 Å². The van der Waals surface area contributed by atoms with Gasteiger partial charge in [0.15, 0.2) is 0 Å². The topological polar surface area (TPSA) is 105 Å². The van der Waals surface area contributed by atoms with Crippen LogP contribution in [0.5, 0.6) is 0 Å². The Kier molecular flexibility index (Phi) is 4.73. The van der Waals surface area contributed by atoms with Crippen LogP contribution >= 0.6 is 0 Å². The van der Waals surface area contributed by atoms with E-state index in [0.717, 1.165) is 5.56 Å². The Morgan fingerprint density at radius 1 is 1.36 bits per heavy atom. The maximum absolute atomic E-state index is 13.2. The minimum Gasteiger partial charge on any atom is -0.352 e. The first-order valence-electron chi connectivity index (χ1n) is 7.69. The van der Waals surface area contributed by atoms with Crippen LogP contribution in [0.25, 0.3) is 5.69 Å². The third kappa shape index (κ3) is 4.19. The molecule has 1 saturated heterocycles. The van der Waals surface area contributed by atoms with Gasteiger partial charge in [0.05, 0.1) is 11.9 Å². The zero-order chi connectivity index (χ0) is 17.8. The Hall–Kier alpha value is -3.23. The largest absolute Gasteiger partial charge is 0.352 e. The normalized spacial score (nSPS) is 16.4. The molecule has 1 fully saturated rings. The molecule has 1 unspecified atom stereocenters. The van der Waals surface area contributed by atoms with Gasteiger partial charge in [0, 0.05) is 24.7 Å². The molecule has 1 aliphatic rings. The molecule has 1 aliphatic heterocycles. The number of carbonyl (C=O) groups excluding carboxylic acids is 3. The van der Waals surface area contributed by atoms with Crippen LogP contribution in [-0.4, -0.2) is 33.7 Å². The van der Waals surface area contributed by atoms with Crippen molar-refractivity contribution in [2.45, 2.75) is 25.4 Å². The molecule has 4 amide bonds. The number of amides is 4. The number of carbonyl (C=O) groups is 3. The number of hydrogen-bond acceptors (Lipinski definition) is 4. The second-order valence-electron chi connectivity index (χ2n) is 5.60. The Labute approximate surface area is 142 Å². The zero-order valence-corrected chi connectivity index (χ0v) is 13.2. The molecule has 3 N–H and O–H groups in total. The van der Waals surface area contributed by atoms with Gasteiger partial charge >= 0.3 is 6.03 Å². The molecule has 8 nitrogen and oxygen atoms in total. The van der Waals surface area contributed by atoms with Gasteiger partial charge in [-0.25, -0.2) is 13.9 Å². The molecule has 25 heavy (non-hydrogen) atoms. The highest BCUT2D eigenvalue weighted by molar-refractivity contribution is 6.04. The third-order valence-corrected chi connectivity index (χ3v) is 3.72. The number of rotatable bonds is 6. The fourth-order valence-corrected chi connectivity index (χ4v) is 2.44. The van der Waals surface area contributed by atoms with Gasteiger partial charge in [0.25, 0.3) is 5.91 Å². The molecule has 0 saturated carbocycles. The average molecular weight is 345 g/mol. The van der Waals surface area contributed by atoms with Gasteiger partial charge in [0.2, 0.25) is 5.91 Å². The number of halogens is 1. The molecular formula is C16H16FN5O3. The van der Waals surface area contributed by atoms with Crippen molar-refractivity contribution >= 4 is 17.8 Å². The van der Waals surface area contributed by atoms with Gasteiger partial charge in [-0.05, 0) is 24.6 Å². The van der Waals surface area contributed by atoms with Crippen molar-refractivity contribution in [1.29, 1.82) is 0 Å². The first-order valence-corrected chi connectivity index (χ1v) is 7.69. The maximum atomic E-state index is 13.2. The first-order chi connectivity index (χ1) is 12.0. The molecule has 0 aliphatic carbocycles. The fourth-order valence-electron chi connectivity index (χ4n) is 2.44. The van der Waals surface area contributed by atoms with Crippen LogP contribution in [0, 0.1) is 5.82 Å². The van der Waals surface area contributed by atoms with E-state index >= 15 is 0 Å². The lowest BCUT2D eigenvalue weighted by atomic mass is 10.1. The van der Waals surface area contributed by atoms with Crippen molar-refractivity contribution in [3.05, 3.63) is 48.0 Å². The standard InChI is InChI=1S/C16H16FN5O3/c17-11-2-1-3-12(6-11)22-9-10(8-19-22)7-18-14(23)5-4-13-15(24)21-16(25)20-13/h1-3,6,8-9,13H,4-5,7H2,(H,18,23)(H2,20,21,24,25). The summed E-state index contributed by atoms with van der Waals surface area (Å²) in [6, 6.07) is 4.80. The summed E-state index contributed by atoms with van der Waals surface area (Å²) in [4.78, 5) is 34.2. The number of nitrogens with zero attached hydrogens (tertiary/aromatic N) is 2. The summed E-state index contributed by atoms with van der Waals surface area (Å²) in [7, 11) is 0. The van der Waals surface area contributed by atoms with Gasteiger partial charge in [-0.3, -0.25) is 14.9 Å². The number of aromatic nitrogens is 2. The number of benzene rings is 1. The van der Waals surface area contributed by atoms with Crippen LogP contribution in [0.3, 0.4) is 0 Å². The van der Waals surface area contributed by atoms with Crippen LogP contribution in [0.15, 0.2) is 36.7 Å². The third-order valence-electron chi connectivity index (χ3n) is 3.72. The van der Waals surface area contributed by atoms with Crippen molar-refractivity contribution in [1.82, 2.24) is 25.7 Å². The van der Waals surface area contributed by atoms with Crippen molar-refractivity contribution < 1.29 is 18.8 Å². The van der Waals surface area contributed by atoms with E-state index < -0.39 is 18.0 Å². The molecule has 0 spiro atoms. The smallest absolute Gasteiger partial charge is 0.322 e. The fraction of sp³-hybridized carbons (Fsp3) is 0.250. The second-order valence-corrected chi connectivity index (χ2v) is 5.60. The quantitative estimate of drug-likeness (QED) is 0.667. The minimum atomic E-state index is -0.672. The summed E-state index contributed by atoms with van der Waals surface area (Å²) < 4.78 is 14.7. The van der Waals surface area contributed by atoms with Crippen LogP contribution < -0.4 is 16.0 Å². The van der Waals surface area contributed by atoms with Crippen LogP contribution in [-0.2, 0) is 16.1 Å². The molecule has 1 atom stereocenters. The summed E-state index contributed by atoms with van der Waals surface area (Å²) in [5.74, 6) is -1.02. The van der Waals surface area contributed by atoms with Gasteiger partial charge in [0.1, 0.15) is 11.9 Å². The Bertz CT molecular complexity index is 820. The predicted octanol–water partition coefficient (Wildman–Crippen LogP) is 0.616. The Morgan fingerprint density at radius 2 is 2.20 bits per heavy atom. The lowest BCUT2D eigenvalue weighted by Gasteiger charge is -2.07. The van der Waals surface area contributed by atoms with E-state index in [-0.39, 0.29) is 31.1 Å². The highest BCUT2D eigenvalue weighted by Gasteiger charge is 2.29. The van der Waals surface area contributed by atoms with E-state index in [1.165, 1.54) is 16.8 Å². The molecule has 130 valence electrons. The van der Waals surface area contributed by atoms with Gasteiger partial charge in [-0.1, -0.05) is 6.07 Å². The zero-order valence-electron chi connectivity index (χ0n) is 13.2. The molecule has 0 bridgehead atoms. The van der Waals surface area contributed by atoms with E-state index in [9.17, 15) is 18.8 Å². The summed E-state index contributed by atoms with van der Waals surface area (Å²) in [5, 5.41) is 11.4. The Balaban J connectivity index is 1.48. The Morgan fingerprint density at radius 3 is 2.92 bits per heavy atom. The second kappa shape index (κ2) is 7.12. The predicted molar refractivity (Wildman–Crippen MR) is 85.1 cm³/mol. The molecule has 9 heteroatoms. The van der Waals surface area contributed by atoms with Crippen molar-refractivity contribution in [3.8, 4) is 5.69 Å². The molecular weight excluding hydrogens is 329 g/mol. The van der Waals surface area contributed by atoms with Gasteiger partial charge < -0.3 is 10.6 Å². The highest BCUT2D eigenvalue weighted by Crippen LogP contribution is 2.10. The van der Waals surface area contributed by atoms with Crippen LogP contribution in [0.1, 0.15) is 18.4 Å². The van der Waals surface area contributed by atoms with E-state index in [2.05, 4.69) is 21.0 Å². The highest BCUT2D eigenvalue weighted by atomic mass is 19.1. The average Bonchev–Trinajstić information content (AvgIpc) is 3.17. The number of urea groups is 1. The summed E-state index contributed by atoms with van der Waals surface area (Å²) in [6.45, 7) is 0.261. The van der Waals surface area contributed by atoms with Gasteiger partial charge in [-0.15, -0.1) is 0 Å². The van der Waals surface area contributed by atoms with Crippen molar-refractivity contribution in [2.24, 2.45) is 0 Å². The molecule has 2 aromatic rings. The van der Waals surface area contributed by atoms with Crippen LogP contribution in [0.4, 0.5) is 9.18 Å². The number of imide groups is 1. The maximum Gasteiger partial charge on any atom is 0.322 e.